The zero-order valence-electron chi connectivity index (χ0n) is 11.8. The van der Waals surface area contributed by atoms with Crippen molar-refractivity contribution in [3.63, 3.8) is 0 Å². The lowest BCUT2D eigenvalue weighted by Crippen LogP contribution is -2.14. The van der Waals surface area contributed by atoms with Gasteiger partial charge in [0.1, 0.15) is 5.76 Å². The Morgan fingerprint density at radius 3 is 2.64 bits per heavy atom. The molecule has 0 bridgehead atoms. The van der Waals surface area contributed by atoms with Crippen LogP contribution in [0.2, 0.25) is 0 Å². The van der Waals surface area contributed by atoms with Crippen LogP contribution in [0, 0.1) is 13.8 Å². The first-order valence-corrected chi connectivity index (χ1v) is 8.45. The lowest BCUT2D eigenvalue weighted by atomic mass is 10.2. The Bertz CT molecular complexity index is 809. The topological polar surface area (TPSA) is 112 Å². The van der Waals surface area contributed by atoms with Crippen LogP contribution in [0.3, 0.4) is 0 Å². The summed E-state index contributed by atoms with van der Waals surface area (Å²) in [5.41, 5.74) is 0.759. The molecule has 1 heterocycles. The minimum atomic E-state index is -3.90. The molecule has 0 fully saturated rings. The second kappa shape index (κ2) is 6.19. The number of halogens is 1. The van der Waals surface area contributed by atoms with Gasteiger partial charge in [0, 0.05) is 4.47 Å². The number of sulfonamides is 1. The molecule has 0 saturated carbocycles. The molecule has 7 nitrogen and oxygen atoms in total. The Kier molecular flexibility index (Phi) is 4.69. The van der Waals surface area contributed by atoms with Crippen molar-refractivity contribution in [3.8, 4) is 0 Å². The van der Waals surface area contributed by atoms with Gasteiger partial charge in [-0.25, -0.2) is 23.3 Å². The molecule has 2 aromatic rings. The van der Waals surface area contributed by atoms with Gasteiger partial charge >= 0.3 is 5.97 Å². The second-order valence-electron chi connectivity index (χ2n) is 4.51. The summed E-state index contributed by atoms with van der Waals surface area (Å²) >= 11 is 3.16. The number of hydrogen-bond acceptors (Lipinski definition) is 6. The number of carbonyl (C=O) groups is 1. The summed E-state index contributed by atoms with van der Waals surface area (Å²) in [5, 5.41) is 5.04. The monoisotopic (exact) mass is 388 g/mol. The van der Waals surface area contributed by atoms with E-state index in [2.05, 4.69) is 20.9 Å². The molecule has 22 heavy (non-hydrogen) atoms. The van der Waals surface area contributed by atoms with Gasteiger partial charge < -0.3 is 9.15 Å². The summed E-state index contributed by atoms with van der Waals surface area (Å²) in [7, 11) is -3.90. The zero-order chi connectivity index (χ0) is 16.5. The van der Waals surface area contributed by atoms with Gasteiger partial charge in [-0.15, -0.1) is 0 Å². The molecule has 2 N–H and O–H groups in total. The normalized spacial score (nSPS) is 11.5. The van der Waals surface area contributed by atoms with Crippen LogP contribution in [0.25, 0.3) is 0 Å². The predicted octanol–water partition coefficient (Wildman–Crippen LogP) is 2.06. The van der Waals surface area contributed by atoms with E-state index in [4.69, 9.17) is 14.3 Å². The first-order chi connectivity index (χ1) is 10.2. The van der Waals surface area contributed by atoms with Gasteiger partial charge in [-0.3, -0.25) is 0 Å². The van der Waals surface area contributed by atoms with Crippen LogP contribution in [0.5, 0.6) is 0 Å². The average Bonchev–Trinajstić information content (AvgIpc) is 2.74. The van der Waals surface area contributed by atoms with Crippen molar-refractivity contribution in [2.75, 3.05) is 0 Å². The lowest BCUT2D eigenvalue weighted by Gasteiger charge is -2.06. The summed E-state index contributed by atoms with van der Waals surface area (Å²) in [6.07, 6.45) is 0. The van der Waals surface area contributed by atoms with Crippen molar-refractivity contribution in [3.05, 3.63) is 45.6 Å². The van der Waals surface area contributed by atoms with E-state index in [1.165, 1.54) is 12.1 Å². The summed E-state index contributed by atoms with van der Waals surface area (Å²) < 4.78 is 33.4. The second-order valence-corrected chi connectivity index (χ2v) is 6.93. The third-order valence-corrected chi connectivity index (χ3v) is 4.49. The quantitative estimate of drug-likeness (QED) is 0.801. The number of hydrogen-bond donors (Lipinski definition) is 1. The smallest absolute Gasteiger partial charge is 0.339 e. The van der Waals surface area contributed by atoms with Crippen LogP contribution in [-0.2, 0) is 21.4 Å². The molecule has 0 amide bonds. The highest BCUT2D eigenvalue weighted by Gasteiger charge is 2.17. The Hall–Kier alpha value is -1.71. The van der Waals surface area contributed by atoms with Gasteiger partial charge in [-0.05, 0) is 48.0 Å². The molecule has 0 aliphatic rings. The van der Waals surface area contributed by atoms with Gasteiger partial charge in [0.05, 0.1) is 16.2 Å². The molecule has 0 saturated heterocycles. The molecule has 1 aromatic carbocycles. The number of primary sulfonamides is 1. The fourth-order valence-electron chi connectivity index (χ4n) is 1.64. The van der Waals surface area contributed by atoms with Crippen LogP contribution in [0.1, 0.15) is 27.7 Å². The molecule has 9 heteroatoms. The molecule has 0 unspecified atom stereocenters. The highest BCUT2D eigenvalue weighted by molar-refractivity contribution is 9.10. The maximum atomic E-state index is 12.1. The molecule has 0 aliphatic heterocycles. The van der Waals surface area contributed by atoms with Crippen LogP contribution < -0.4 is 5.14 Å². The highest BCUT2D eigenvalue weighted by atomic mass is 79.9. The molecule has 118 valence electrons. The van der Waals surface area contributed by atoms with E-state index in [0.29, 0.717) is 15.9 Å². The molecule has 0 radical (unpaired) electrons. The van der Waals surface area contributed by atoms with Gasteiger partial charge in [0.2, 0.25) is 15.9 Å². The van der Waals surface area contributed by atoms with E-state index < -0.39 is 16.0 Å². The number of oxazole rings is 1. The van der Waals surface area contributed by atoms with Crippen molar-refractivity contribution in [1.29, 1.82) is 0 Å². The first kappa shape index (κ1) is 16.7. The van der Waals surface area contributed by atoms with Crippen molar-refractivity contribution in [2.24, 2.45) is 5.14 Å². The number of esters is 1. The molecular weight excluding hydrogens is 376 g/mol. The number of carbonyl (C=O) groups excluding carboxylic acids is 1. The number of aryl methyl sites for hydroxylation is 2. The minimum absolute atomic E-state index is 0.0477. The molecule has 0 atom stereocenters. The van der Waals surface area contributed by atoms with Crippen LogP contribution in [0.15, 0.2) is 32.0 Å². The zero-order valence-corrected chi connectivity index (χ0v) is 14.2. The summed E-state index contributed by atoms with van der Waals surface area (Å²) in [4.78, 5) is 16.0. The molecule has 0 aliphatic carbocycles. The third kappa shape index (κ3) is 3.73. The lowest BCUT2D eigenvalue weighted by molar-refractivity contribution is 0.0435. The minimum Gasteiger partial charge on any atom is -0.452 e. The fraction of sp³-hybridized carbons (Fsp3) is 0.231. The van der Waals surface area contributed by atoms with E-state index in [1.807, 2.05) is 0 Å². The third-order valence-electron chi connectivity index (χ3n) is 2.89. The Labute approximate surface area is 135 Å². The first-order valence-electron chi connectivity index (χ1n) is 6.11. The molecule has 0 spiro atoms. The molecule has 1 aromatic heterocycles. The van der Waals surface area contributed by atoms with Crippen molar-refractivity contribution in [2.45, 2.75) is 25.3 Å². The average molecular weight is 389 g/mol. The predicted molar refractivity (Wildman–Crippen MR) is 80.6 cm³/mol. The van der Waals surface area contributed by atoms with Gasteiger partial charge in [-0.1, -0.05) is 0 Å². The molecule has 2 rings (SSSR count). The SMILES string of the molecule is Cc1nc(COC(=O)c2cc(S(N)(=O)=O)ccc2Br)oc1C. The van der Waals surface area contributed by atoms with Crippen LogP contribution in [-0.4, -0.2) is 19.4 Å². The largest absolute Gasteiger partial charge is 0.452 e. The van der Waals surface area contributed by atoms with Gasteiger partial charge in [-0.2, -0.15) is 0 Å². The van der Waals surface area contributed by atoms with E-state index in [-0.39, 0.29) is 23.0 Å². The van der Waals surface area contributed by atoms with Crippen LogP contribution in [0.4, 0.5) is 0 Å². The van der Waals surface area contributed by atoms with Crippen molar-refractivity contribution < 1.29 is 22.4 Å². The maximum Gasteiger partial charge on any atom is 0.339 e. The summed E-state index contributed by atoms with van der Waals surface area (Å²) in [6.45, 7) is 3.37. The standard InChI is InChI=1S/C13H13BrN2O5S/c1-7-8(2)21-12(16-7)6-20-13(17)10-5-9(22(15,18)19)3-4-11(10)14/h3-5H,6H2,1-2H3,(H2,15,18,19). The van der Waals surface area contributed by atoms with E-state index >= 15 is 0 Å². The number of nitrogens with zero attached hydrogens (tertiary/aromatic N) is 1. The van der Waals surface area contributed by atoms with E-state index in [9.17, 15) is 13.2 Å². The van der Waals surface area contributed by atoms with Crippen molar-refractivity contribution >= 4 is 31.9 Å². The van der Waals surface area contributed by atoms with Gasteiger partial charge in [0.25, 0.3) is 0 Å². The van der Waals surface area contributed by atoms with Crippen LogP contribution >= 0.6 is 15.9 Å². The number of benzene rings is 1. The Balaban J connectivity index is 2.19. The van der Waals surface area contributed by atoms with E-state index in [0.717, 1.165) is 6.07 Å². The number of aromatic nitrogens is 1. The Morgan fingerprint density at radius 2 is 2.09 bits per heavy atom. The van der Waals surface area contributed by atoms with Gasteiger partial charge in [0.15, 0.2) is 6.61 Å². The Morgan fingerprint density at radius 1 is 1.41 bits per heavy atom. The fourth-order valence-corrected chi connectivity index (χ4v) is 2.59. The van der Waals surface area contributed by atoms with E-state index in [1.54, 1.807) is 13.8 Å². The highest BCUT2D eigenvalue weighted by Crippen LogP contribution is 2.22. The maximum absolute atomic E-state index is 12.1. The summed E-state index contributed by atoms with van der Waals surface area (Å²) in [5.74, 6) is 0.191. The molecular formula is C13H13BrN2O5S. The summed E-state index contributed by atoms with van der Waals surface area (Å²) in [6, 6.07) is 3.85. The number of nitrogens with two attached hydrogens (primary N) is 1. The number of rotatable bonds is 4. The van der Waals surface area contributed by atoms with Crippen molar-refractivity contribution in [1.82, 2.24) is 4.98 Å². The number of ether oxygens (including phenoxy) is 1.